The van der Waals surface area contributed by atoms with Crippen molar-refractivity contribution < 1.29 is 9.26 Å². The van der Waals surface area contributed by atoms with Crippen LogP contribution in [0.15, 0.2) is 4.52 Å². The number of aromatic nitrogens is 2. The Morgan fingerprint density at radius 3 is 2.53 bits per heavy atom. The number of hydrogen-bond donors (Lipinski definition) is 1. The third kappa shape index (κ3) is 3.78. The topological polar surface area (TPSA) is 74.2 Å². The summed E-state index contributed by atoms with van der Waals surface area (Å²) in [6.45, 7) is 4.77. The molecule has 2 N–H and O–H groups in total. The minimum atomic E-state index is -0.0717. The van der Waals surface area contributed by atoms with Crippen LogP contribution in [-0.2, 0) is 4.74 Å². The summed E-state index contributed by atoms with van der Waals surface area (Å²) < 4.78 is 10.6. The third-order valence-corrected chi connectivity index (χ3v) is 2.85. The molecule has 0 saturated heterocycles. The van der Waals surface area contributed by atoms with Crippen molar-refractivity contribution in [3.63, 3.8) is 0 Å². The summed E-state index contributed by atoms with van der Waals surface area (Å²) in [5, 5.41) is 3.99. The molecule has 5 nitrogen and oxygen atoms in total. The normalized spacial score (nSPS) is 14.8. The molecule has 0 aromatic carbocycles. The summed E-state index contributed by atoms with van der Waals surface area (Å²) in [7, 11) is 1.67. The molecule has 0 amide bonds. The lowest BCUT2D eigenvalue weighted by atomic mass is 10.0. The summed E-state index contributed by atoms with van der Waals surface area (Å²) in [5.41, 5.74) is 5.71. The lowest BCUT2D eigenvalue weighted by Crippen LogP contribution is -2.13. The van der Waals surface area contributed by atoms with E-state index in [-0.39, 0.29) is 12.0 Å². The third-order valence-electron chi connectivity index (χ3n) is 2.85. The van der Waals surface area contributed by atoms with E-state index >= 15 is 0 Å². The monoisotopic (exact) mass is 241 g/mol. The van der Waals surface area contributed by atoms with Gasteiger partial charge in [0.2, 0.25) is 11.7 Å². The van der Waals surface area contributed by atoms with E-state index in [0.717, 1.165) is 25.7 Å². The largest absolute Gasteiger partial charge is 0.373 e. The fourth-order valence-corrected chi connectivity index (χ4v) is 1.85. The molecule has 0 bridgehead atoms. The molecule has 0 fully saturated rings. The average molecular weight is 241 g/mol. The molecule has 0 aliphatic heterocycles. The lowest BCUT2D eigenvalue weighted by Gasteiger charge is -2.09. The summed E-state index contributed by atoms with van der Waals surface area (Å²) in [5.74, 6) is 1.45. The SMILES string of the molecule is CCCC(CN)c1nc(C(CCC)OC)no1. The Bertz CT molecular complexity index is 286. The van der Waals surface area contributed by atoms with Gasteiger partial charge in [-0.2, -0.15) is 4.98 Å². The predicted octanol–water partition coefficient (Wildman–Crippen LogP) is 2.40. The second-order valence-corrected chi connectivity index (χ2v) is 4.23. The summed E-state index contributed by atoms with van der Waals surface area (Å²) in [6.07, 6.45) is 3.89. The van der Waals surface area contributed by atoms with Crippen molar-refractivity contribution in [2.24, 2.45) is 5.73 Å². The van der Waals surface area contributed by atoms with Crippen molar-refractivity contribution in [1.29, 1.82) is 0 Å². The molecule has 98 valence electrons. The number of rotatable bonds is 8. The van der Waals surface area contributed by atoms with Crippen molar-refractivity contribution >= 4 is 0 Å². The van der Waals surface area contributed by atoms with Crippen molar-refractivity contribution in [3.05, 3.63) is 11.7 Å². The van der Waals surface area contributed by atoms with Gasteiger partial charge in [0.15, 0.2) is 0 Å². The van der Waals surface area contributed by atoms with Gasteiger partial charge >= 0.3 is 0 Å². The standard InChI is InChI=1S/C12H23N3O2/c1-4-6-9(8-13)12-14-11(15-17-12)10(16-3)7-5-2/h9-10H,4-8,13H2,1-3H3. The van der Waals surface area contributed by atoms with E-state index in [1.807, 2.05) is 0 Å². The molecule has 17 heavy (non-hydrogen) atoms. The summed E-state index contributed by atoms with van der Waals surface area (Å²) >= 11 is 0. The van der Waals surface area contributed by atoms with Gasteiger partial charge in [-0.3, -0.25) is 0 Å². The molecule has 0 aliphatic rings. The van der Waals surface area contributed by atoms with Crippen molar-refractivity contribution in [2.75, 3.05) is 13.7 Å². The number of nitrogens with zero attached hydrogens (tertiary/aromatic N) is 2. The quantitative estimate of drug-likeness (QED) is 0.756. The molecule has 1 aromatic heterocycles. The highest BCUT2D eigenvalue weighted by atomic mass is 16.5. The Balaban J connectivity index is 2.74. The van der Waals surface area contributed by atoms with Gasteiger partial charge in [0.1, 0.15) is 6.10 Å². The zero-order valence-corrected chi connectivity index (χ0v) is 11.0. The molecule has 1 aromatic rings. The molecule has 1 rings (SSSR count). The molecule has 2 unspecified atom stereocenters. The Kier molecular flexibility index (Phi) is 6.15. The van der Waals surface area contributed by atoms with Crippen LogP contribution in [0.4, 0.5) is 0 Å². The van der Waals surface area contributed by atoms with E-state index < -0.39 is 0 Å². The van der Waals surface area contributed by atoms with Crippen molar-refractivity contribution in [3.8, 4) is 0 Å². The van der Waals surface area contributed by atoms with Crippen LogP contribution in [0.2, 0.25) is 0 Å². The van der Waals surface area contributed by atoms with Crippen LogP contribution in [0.5, 0.6) is 0 Å². The number of hydrogen-bond acceptors (Lipinski definition) is 5. The van der Waals surface area contributed by atoms with Gasteiger partial charge in [-0.25, -0.2) is 0 Å². The maximum atomic E-state index is 5.71. The fraction of sp³-hybridized carbons (Fsp3) is 0.833. The van der Waals surface area contributed by atoms with Crippen molar-refractivity contribution in [2.45, 2.75) is 51.6 Å². The minimum absolute atomic E-state index is 0.0717. The first kappa shape index (κ1) is 14.1. The number of ether oxygens (including phenoxy) is 1. The zero-order valence-electron chi connectivity index (χ0n) is 11.0. The highest BCUT2D eigenvalue weighted by molar-refractivity contribution is 4.97. The number of nitrogens with two attached hydrogens (primary N) is 1. The Morgan fingerprint density at radius 1 is 1.29 bits per heavy atom. The van der Waals surface area contributed by atoms with Crippen LogP contribution in [0.1, 0.15) is 63.3 Å². The molecule has 5 heteroatoms. The van der Waals surface area contributed by atoms with E-state index in [2.05, 4.69) is 24.0 Å². The van der Waals surface area contributed by atoms with Gasteiger partial charge in [0, 0.05) is 13.7 Å². The van der Waals surface area contributed by atoms with Gasteiger partial charge in [-0.15, -0.1) is 0 Å². The zero-order chi connectivity index (χ0) is 12.7. The van der Waals surface area contributed by atoms with Gasteiger partial charge in [0.05, 0.1) is 5.92 Å². The molecule has 0 radical (unpaired) electrons. The van der Waals surface area contributed by atoms with E-state index in [0.29, 0.717) is 18.3 Å². The molecule has 0 saturated carbocycles. The van der Waals surface area contributed by atoms with Crippen molar-refractivity contribution in [1.82, 2.24) is 10.1 Å². The van der Waals surface area contributed by atoms with Gasteiger partial charge < -0.3 is 15.0 Å². The number of methoxy groups -OCH3 is 1. The highest BCUT2D eigenvalue weighted by Crippen LogP contribution is 2.23. The van der Waals surface area contributed by atoms with Crippen LogP contribution in [-0.4, -0.2) is 23.8 Å². The lowest BCUT2D eigenvalue weighted by molar-refractivity contribution is 0.0854. The minimum Gasteiger partial charge on any atom is -0.373 e. The van der Waals surface area contributed by atoms with E-state index in [1.54, 1.807) is 7.11 Å². The first-order chi connectivity index (χ1) is 8.26. The highest BCUT2D eigenvalue weighted by Gasteiger charge is 2.21. The van der Waals surface area contributed by atoms with E-state index in [4.69, 9.17) is 15.0 Å². The van der Waals surface area contributed by atoms with Gasteiger partial charge in [-0.1, -0.05) is 31.8 Å². The molecule has 0 aliphatic carbocycles. The first-order valence-electron chi connectivity index (χ1n) is 6.33. The molecular formula is C12H23N3O2. The van der Waals surface area contributed by atoms with E-state index in [9.17, 15) is 0 Å². The summed E-state index contributed by atoms with van der Waals surface area (Å²) in [4.78, 5) is 4.41. The molecule has 1 heterocycles. The van der Waals surface area contributed by atoms with E-state index in [1.165, 1.54) is 0 Å². The van der Waals surface area contributed by atoms with Gasteiger partial charge in [0.25, 0.3) is 0 Å². The smallest absolute Gasteiger partial charge is 0.231 e. The van der Waals surface area contributed by atoms with Crippen LogP contribution in [0.3, 0.4) is 0 Å². The Labute approximate surface area is 103 Å². The van der Waals surface area contributed by atoms with Crippen LogP contribution < -0.4 is 5.73 Å². The Hall–Kier alpha value is -0.940. The fourth-order valence-electron chi connectivity index (χ4n) is 1.85. The molecule has 2 atom stereocenters. The molecule has 0 spiro atoms. The second kappa shape index (κ2) is 7.40. The van der Waals surface area contributed by atoms with Crippen LogP contribution in [0.25, 0.3) is 0 Å². The average Bonchev–Trinajstić information content (AvgIpc) is 2.82. The first-order valence-corrected chi connectivity index (χ1v) is 6.33. The van der Waals surface area contributed by atoms with Crippen LogP contribution in [0, 0.1) is 0 Å². The maximum absolute atomic E-state index is 5.71. The maximum Gasteiger partial charge on any atom is 0.231 e. The predicted molar refractivity (Wildman–Crippen MR) is 65.7 cm³/mol. The Morgan fingerprint density at radius 2 is 2.00 bits per heavy atom. The van der Waals surface area contributed by atoms with Gasteiger partial charge in [-0.05, 0) is 12.8 Å². The molecular weight excluding hydrogens is 218 g/mol. The van der Waals surface area contributed by atoms with Crippen LogP contribution >= 0.6 is 0 Å². The second-order valence-electron chi connectivity index (χ2n) is 4.23. The summed E-state index contributed by atoms with van der Waals surface area (Å²) in [6, 6.07) is 0.